The first-order chi connectivity index (χ1) is 10.8. The summed E-state index contributed by atoms with van der Waals surface area (Å²) in [7, 11) is 0. The van der Waals surface area contributed by atoms with Crippen LogP contribution >= 0.6 is 0 Å². The number of carbonyl (C=O) groups excluding carboxylic acids is 1. The van der Waals surface area contributed by atoms with Crippen LogP contribution in [-0.4, -0.2) is 19.1 Å². The van der Waals surface area contributed by atoms with Gasteiger partial charge in [-0.25, -0.2) is 0 Å². The lowest BCUT2D eigenvalue weighted by Gasteiger charge is -2.10. The van der Waals surface area contributed by atoms with Crippen molar-refractivity contribution in [2.45, 2.75) is 19.4 Å². The standard InChI is InChI=1S/C18H19NO3/c20-18(12-14-5-2-1-3-6-14)19-13-15-7-8-16-17(11-15)22-10-4-9-21-16/h1-3,5-8,11H,4,9-10,12-13H2,(H,19,20). The molecule has 114 valence electrons. The average Bonchev–Trinajstić information content (AvgIpc) is 2.78. The van der Waals surface area contributed by atoms with Crippen molar-refractivity contribution < 1.29 is 14.3 Å². The molecular weight excluding hydrogens is 278 g/mol. The highest BCUT2D eigenvalue weighted by Crippen LogP contribution is 2.30. The van der Waals surface area contributed by atoms with Crippen LogP contribution in [0.25, 0.3) is 0 Å². The Kier molecular flexibility index (Phi) is 4.59. The fourth-order valence-corrected chi connectivity index (χ4v) is 2.36. The van der Waals surface area contributed by atoms with E-state index in [-0.39, 0.29) is 5.91 Å². The molecule has 0 fully saturated rings. The summed E-state index contributed by atoms with van der Waals surface area (Å²) < 4.78 is 11.2. The molecule has 0 aliphatic carbocycles. The first kappa shape index (κ1) is 14.4. The summed E-state index contributed by atoms with van der Waals surface area (Å²) in [6.07, 6.45) is 1.28. The van der Waals surface area contributed by atoms with Gasteiger partial charge in [-0.05, 0) is 23.3 Å². The van der Waals surface area contributed by atoms with Crippen LogP contribution in [0, 0.1) is 0 Å². The van der Waals surface area contributed by atoms with Crippen molar-refractivity contribution in [1.82, 2.24) is 5.32 Å². The quantitative estimate of drug-likeness (QED) is 0.944. The van der Waals surface area contributed by atoms with E-state index in [1.54, 1.807) is 0 Å². The maximum Gasteiger partial charge on any atom is 0.224 e. The molecule has 0 radical (unpaired) electrons. The Morgan fingerprint density at radius 2 is 1.73 bits per heavy atom. The molecule has 0 saturated heterocycles. The van der Waals surface area contributed by atoms with Gasteiger partial charge in [0.25, 0.3) is 0 Å². The van der Waals surface area contributed by atoms with Gasteiger partial charge in [-0.1, -0.05) is 36.4 Å². The van der Waals surface area contributed by atoms with Gasteiger partial charge < -0.3 is 14.8 Å². The molecule has 0 bridgehead atoms. The minimum atomic E-state index is 0.0123. The summed E-state index contributed by atoms with van der Waals surface area (Å²) >= 11 is 0. The summed E-state index contributed by atoms with van der Waals surface area (Å²) in [5.41, 5.74) is 2.02. The molecule has 4 heteroatoms. The number of ether oxygens (including phenoxy) is 2. The Hall–Kier alpha value is -2.49. The largest absolute Gasteiger partial charge is 0.490 e. The van der Waals surface area contributed by atoms with E-state index in [4.69, 9.17) is 9.47 Å². The Balaban J connectivity index is 1.57. The number of benzene rings is 2. The summed E-state index contributed by atoms with van der Waals surface area (Å²) in [4.78, 5) is 12.0. The molecule has 22 heavy (non-hydrogen) atoms. The molecule has 1 N–H and O–H groups in total. The van der Waals surface area contributed by atoms with E-state index in [2.05, 4.69) is 5.32 Å². The van der Waals surface area contributed by atoms with E-state index in [9.17, 15) is 4.79 Å². The average molecular weight is 297 g/mol. The zero-order valence-corrected chi connectivity index (χ0v) is 12.4. The van der Waals surface area contributed by atoms with Gasteiger partial charge in [0, 0.05) is 13.0 Å². The van der Waals surface area contributed by atoms with Crippen LogP contribution in [0.4, 0.5) is 0 Å². The van der Waals surface area contributed by atoms with Crippen molar-refractivity contribution in [3.63, 3.8) is 0 Å². The third kappa shape index (κ3) is 3.79. The molecule has 1 aliphatic heterocycles. The number of rotatable bonds is 4. The van der Waals surface area contributed by atoms with Crippen LogP contribution in [0.2, 0.25) is 0 Å². The van der Waals surface area contributed by atoms with Gasteiger partial charge in [-0.3, -0.25) is 4.79 Å². The Labute approximate surface area is 130 Å². The van der Waals surface area contributed by atoms with E-state index in [1.807, 2.05) is 48.5 Å². The summed E-state index contributed by atoms with van der Waals surface area (Å²) in [5.74, 6) is 1.54. The van der Waals surface area contributed by atoms with Gasteiger partial charge in [0.2, 0.25) is 5.91 Å². The smallest absolute Gasteiger partial charge is 0.224 e. The minimum Gasteiger partial charge on any atom is -0.490 e. The van der Waals surface area contributed by atoms with E-state index < -0.39 is 0 Å². The van der Waals surface area contributed by atoms with Crippen LogP contribution < -0.4 is 14.8 Å². The van der Waals surface area contributed by atoms with E-state index in [0.29, 0.717) is 26.2 Å². The van der Waals surface area contributed by atoms with E-state index in [1.165, 1.54) is 0 Å². The maximum atomic E-state index is 12.0. The van der Waals surface area contributed by atoms with Gasteiger partial charge in [0.1, 0.15) is 0 Å². The molecule has 1 heterocycles. The molecule has 0 unspecified atom stereocenters. The van der Waals surface area contributed by atoms with Gasteiger partial charge in [-0.15, -0.1) is 0 Å². The molecule has 3 rings (SSSR count). The lowest BCUT2D eigenvalue weighted by atomic mass is 10.1. The second kappa shape index (κ2) is 6.98. The molecule has 0 spiro atoms. The molecule has 0 saturated carbocycles. The Bertz CT molecular complexity index is 640. The minimum absolute atomic E-state index is 0.0123. The van der Waals surface area contributed by atoms with Gasteiger partial charge in [0.15, 0.2) is 11.5 Å². The van der Waals surface area contributed by atoms with Crippen LogP contribution in [0.15, 0.2) is 48.5 Å². The van der Waals surface area contributed by atoms with Crippen LogP contribution in [0.5, 0.6) is 11.5 Å². The summed E-state index contributed by atoms with van der Waals surface area (Å²) in [5, 5.41) is 2.93. The molecular formula is C18H19NO3. The highest BCUT2D eigenvalue weighted by molar-refractivity contribution is 5.78. The Morgan fingerprint density at radius 1 is 0.955 bits per heavy atom. The number of hydrogen-bond acceptors (Lipinski definition) is 3. The SMILES string of the molecule is O=C(Cc1ccccc1)NCc1ccc2c(c1)OCCCO2. The monoisotopic (exact) mass is 297 g/mol. The lowest BCUT2D eigenvalue weighted by Crippen LogP contribution is -2.24. The number of carbonyl (C=O) groups is 1. The van der Waals surface area contributed by atoms with Gasteiger partial charge in [0.05, 0.1) is 19.6 Å². The number of fused-ring (bicyclic) bond motifs is 1. The zero-order chi connectivity index (χ0) is 15.2. The highest BCUT2D eigenvalue weighted by atomic mass is 16.5. The van der Waals surface area contributed by atoms with Gasteiger partial charge >= 0.3 is 0 Å². The van der Waals surface area contributed by atoms with E-state index in [0.717, 1.165) is 29.0 Å². The fraction of sp³-hybridized carbons (Fsp3) is 0.278. The molecule has 0 aromatic heterocycles. The van der Waals surface area contributed by atoms with Crippen LogP contribution in [0.1, 0.15) is 17.5 Å². The first-order valence-electron chi connectivity index (χ1n) is 7.50. The molecule has 1 aliphatic rings. The summed E-state index contributed by atoms with van der Waals surface area (Å²) in [6.45, 7) is 1.83. The number of amides is 1. The van der Waals surface area contributed by atoms with Crippen molar-refractivity contribution in [3.05, 3.63) is 59.7 Å². The first-order valence-corrected chi connectivity index (χ1v) is 7.50. The maximum absolute atomic E-state index is 12.0. The molecule has 4 nitrogen and oxygen atoms in total. The second-order valence-corrected chi connectivity index (χ2v) is 5.27. The van der Waals surface area contributed by atoms with Crippen molar-refractivity contribution in [1.29, 1.82) is 0 Å². The van der Waals surface area contributed by atoms with Gasteiger partial charge in [-0.2, -0.15) is 0 Å². The zero-order valence-electron chi connectivity index (χ0n) is 12.4. The molecule has 2 aromatic rings. The van der Waals surface area contributed by atoms with Crippen molar-refractivity contribution >= 4 is 5.91 Å². The molecule has 1 amide bonds. The fourth-order valence-electron chi connectivity index (χ4n) is 2.36. The van der Waals surface area contributed by atoms with Crippen molar-refractivity contribution in [2.24, 2.45) is 0 Å². The van der Waals surface area contributed by atoms with Crippen molar-refractivity contribution in [3.8, 4) is 11.5 Å². The van der Waals surface area contributed by atoms with Crippen molar-refractivity contribution in [2.75, 3.05) is 13.2 Å². The predicted octanol–water partition coefficient (Wildman–Crippen LogP) is 2.71. The normalized spacial score (nSPS) is 13.3. The second-order valence-electron chi connectivity index (χ2n) is 5.27. The van der Waals surface area contributed by atoms with Crippen LogP contribution in [0.3, 0.4) is 0 Å². The van der Waals surface area contributed by atoms with Crippen LogP contribution in [-0.2, 0) is 17.8 Å². The van der Waals surface area contributed by atoms with E-state index >= 15 is 0 Å². The third-order valence-electron chi connectivity index (χ3n) is 3.51. The Morgan fingerprint density at radius 3 is 2.55 bits per heavy atom. The lowest BCUT2D eigenvalue weighted by molar-refractivity contribution is -0.120. The number of nitrogens with one attached hydrogen (secondary N) is 1. The third-order valence-corrected chi connectivity index (χ3v) is 3.51. The molecule has 2 aromatic carbocycles. The molecule has 0 atom stereocenters. The predicted molar refractivity (Wildman–Crippen MR) is 84.0 cm³/mol. The number of hydrogen-bond donors (Lipinski definition) is 1. The summed E-state index contributed by atoms with van der Waals surface area (Å²) in [6, 6.07) is 15.5. The topological polar surface area (TPSA) is 47.6 Å². The highest BCUT2D eigenvalue weighted by Gasteiger charge is 2.11.